The van der Waals surface area contributed by atoms with E-state index in [4.69, 9.17) is 0 Å². The number of carbonyl (C=O) groups is 1. The molecule has 1 aromatic rings. The van der Waals surface area contributed by atoms with Gasteiger partial charge in [-0.1, -0.05) is 15.9 Å². The van der Waals surface area contributed by atoms with Crippen molar-refractivity contribution in [3.05, 3.63) is 28.5 Å². The molecule has 0 fully saturated rings. The van der Waals surface area contributed by atoms with Crippen molar-refractivity contribution >= 4 is 27.9 Å². The maximum absolute atomic E-state index is 13.0. The Balaban J connectivity index is 2.78. The van der Waals surface area contributed by atoms with Gasteiger partial charge < -0.3 is 10.1 Å². The van der Waals surface area contributed by atoms with Crippen LogP contribution in [0.3, 0.4) is 0 Å². The lowest BCUT2D eigenvalue weighted by molar-refractivity contribution is -0.106. The van der Waals surface area contributed by atoms with E-state index < -0.39 is 0 Å². The number of halogens is 2. The first-order chi connectivity index (χ1) is 5.74. The highest BCUT2D eigenvalue weighted by Crippen LogP contribution is 2.18. The molecule has 0 bridgehead atoms. The van der Waals surface area contributed by atoms with Crippen molar-refractivity contribution in [2.24, 2.45) is 0 Å². The molecule has 0 saturated heterocycles. The lowest BCUT2D eigenvalue weighted by Crippen LogP contribution is -2.03. The maximum atomic E-state index is 13.0. The standard InChI is InChI=1S/C8H7BrFNO/c9-6-1-2-8(7(10)5-6)11-3-4-12/h1-2,4-5,11H,3H2. The van der Waals surface area contributed by atoms with Crippen LogP contribution in [-0.4, -0.2) is 12.8 Å². The van der Waals surface area contributed by atoms with Gasteiger partial charge in [0.2, 0.25) is 0 Å². The van der Waals surface area contributed by atoms with Crippen LogP contribution in [0.15, 0.2) is 22.7 Å². The van der Waals surface area contributed by atoms with Crippen molar-refractivity contribution in [3.63, 3.8) is 0 Å². The summed E-state index contributed by atoms with van der Waals surface area (Å²) in [6.07, 6.45) is 0.682. The third kappa shape index (κ3) is 2.30. The minimum Gasteiger partial charge on any atom is -0.376 e. The second kappa shape index (κ2) is 4.21. The SMILES string of the molecule is O=CCNc1ccc(Br)cc1F. The Morgan fingerprint density at radius 3 is 2.92 bits per heavy atom. The molecule has 0 aliphatic heterocycles. The molecular formula is C8H7BrFNO. The lowest BCUT2D eigenvalue weighted by atomic mass is 10.3. The molecule has 2 nitrogen and oxygen atoms in total. The van der Waals surface area contributed by atoms with Crippen LogP contribution in [0.25, 0.3) is 0 Å². The maximum Gasteiger partial charge on any atom is 0.147 e. The number of hydrogen-bond donors (Lipinski definition) is 1. The van der Waals surface area contributed by atoms with Gasteiger partial charge in [-0.3, -0.25) is 0 Å². The van der Waals surface area contributed by atoms with E-state index in [9.17, 15) is 9.18 Å². The number of carbonyl (C=O) groups excluding carboxylic acids is 1. The van der Waals surface area contributed by atoms with Gasteiger partial charge in [-0.25, -0.2) is 4.39 Å². The van der Waals surface area contributed by atoms with E-state index in [-0.39, 0.29) is 12.4 Å². The van der Waals surface area contributed by atoms with Crippen molar-refractivity contribution in [3.8, 4) is 0 Å². The minimum atomic E-state index is -0.369. The quantitative estimate of drug-likeness (QED) is 0.809. The molecule has 64 valence electrons. The van der Waals surface area contributed by atoms with Crippen LogP contribution in [-0.2, 0) is 4.79 Å². The molecule has 0 amide bonds. The van der Waals surface area contributed by atoms with E-state index in [0.717, 1.165) is 0 Å². The summed E-state index contributed by atoms with van der Waals surface area (Å²) in [5, 5.41) is 2.63. The van der Waals surface area contributed by atoms with Gasteiger partial charge in [0.1, 0.15) is 12.1 Å². The Hall–Kier alpha value is -0.900. The highest BCUT2D eigenvalue weighted by atomic mass is 79.9. The van der Waals surface area contributed by atoms with E-state index in [1.165, 1.54) is 6.07 Å². The number of aldehydes is 1. The summed E-state index contributed by atoms with van der Waals surface area (Å²) in [4.78, 5) is 9.96. The van der Waals surface area contributed by atoms with E-state index >= 15 is 0 Å². The molecule has 1 N–H and O–H groups in total. The van der Waals surface area contributed by atoms with Crippen molar-refractivity contribution in [1.82, 2.24) is 0 Å². The summed E-state index contributed by atoms with van der Waals surface area (Å²) in [5.74, 6) is -0.369. The first-order valence-electron chi connectivity index (χ1n) is 3.36. The molecule has 1 aromatic carbocycles. The molecule has 1 rings (SSSR count). The first kappa shape index (κ1) is 9.19. The topological polar surface area (TPSA) is 29.1 Å². The van der Waals surface area contributed by atoms with Crippen LogP contribution in [0.4, 0.5) is 10.1 Å². The van der Waals surface area contributed by atoms with Gasteiger partial charge in [-0.05, 0) is 18.2 Å². The summed E-state index contributed by atoms with van der Waals surface area (Å²) in [6.45, 7) is 0.124. The molecule has 12 heavy (non-hydrogen) atoms. The molecule has 0 heterocycles. The number of anilines is 1. The smallest absolute Gasteiger partial charge is 0.147 e. The Morgan fingerprint density at radius 1 is 1.58 bits per heavy atom. The average Bonchev–Trinajstić information content (AvgIpc) is 2.03. The van der Waals surface area contributed by atoms with Gasteiger partial charge in [0.15, 0.2) is 0 Å². The zero-order chi connectivity index (χ0) is 8.97. The Kier molecular flexibility index (Phi) is 3.22. The molecule has 0 spiro atoms. The van der Waals surface area contributed by atoms with E-state index in [2.05, 4.69) is 21.2 Å². The average molecular weight is 232 g/mol. The predicted octanol–water partition coefficient (Wildman–Crippen LogP) is 2.20. The fourth-order valence-corrected chi connectivity index (χ4v) is 1.12. The minimum absolute atomic E-state index is 0.124. The monoisotopic (exact) mass is 231 g/mol. The molecule has 0 radical (unpaired) electrons. The molecule has 0 atom stereocenters. The van der Waals surface area contributed by atoms with Crippen LogP contribution in [0, 0.1) is 5.82 Å². The van der Waals surface area contributed by atoms with E-state index in [1.807, 2.05) is 0 Å². The molecule has 0 saturated carbocycles. The van der Waals surface area contributed by atoms with Gasteiger partial charge in [0, 0.05) is 4.47 Å². The Bertz CT molecular complexity index is 290. The summed E-state index contributed by atoms with van der Waals surface area (Å²) in [6, 6.07) is 4.62. The zero-order valence-electron chi connectivity index (χ0n) is 6.18. The van der Waals surface area contributed by atoms with Crippen molar-refractivity contribution in [1.29, 1.82) is 0 Å². The largest absolute Gasteiger partial charge is 0.376 e. The molecule has 0 aliphatic rings. The second-order valence-electron chi connectivity index (χ2n) is 2.17. The second-order valence-corrected chi connectivity index (χ2v) is 3.09. The van der Waals surface area contributed by atoms with Crippen LogP contribution >= 0.6 is 15.9 Å². The van der Waals surface area contributed by atoms with E-state index in [1.54, 1.807) is 12.1 Å². The number of hydrogen-bond acceptors (Lipinski definition) is 2. The molecule has 0 aromatic heterocycles. The Labute approximate surface area is 77.9 Å². The van der Waals surface area contributed by atoms with Gasteiger partial charge in [0.25, 0.3) is 0 Å². The van der Waals surface area contributed by atoms with Gasteiger partial charge in [-0.2, -0.15) is 0 Å². The van der Waals surface area contributed by atoms with Gasteiger partial charge >= 0.3 is 0 Å². The highest BCUT2D eigenvalue weighted by molar-refractivity contribution is 9.10. The number of rotatable bonds is 3. The first-order valence-corrected chi connectivity index (χ1v) is 4.16. The molecule has 4 heteroatoms. The molecule has 0 unspecified atom stereocenters. The molecule has 0 aliphatic carbocycles. The van der Waals surface area contributed by atoms with Crippen LogP contribution in [0.1, 0.15) is 0 Å². The van der Waals surface area contributed by atoms with Crippen LogP contribution < -0.4 is 5.32 Å². The summed E-state index contributed by atoms with van der Waals surface area (Å²) >= 11 is 3.13. The van der Waals surface area contributed by atoms with Crippen molar-refractivity contribution in [2.45, 2.75) is 0 Å². The van der Waals surface area contributed by atoms with Crippen molar-refractivity contribution in [2.75, 3.05) is 11.9 Å². The molecular weight excluding hydrogens is 225 g/mol. The third-order valence-electron chi connectivity index (χ3n) is 1.31. The Morgan fingerprint density at radius 2 is 2.33 bits per heavy atom. The normalized spacial score (nSPS) is 9.50. The van der Waals surface area contributed by atoms with Gasteiger partial charge in [0.05, 0.1) is 12.2 Å². The van der Waals surface area contributed by atoms with Gasteiger partial charge in [-0.15, -0.1) is 0 Å². The van der Waals surface area contributed by atoms with Crippen LogP contribution in [0.5, 0.6) is 0 Å². The zero-order valence-corrected chi connectivity index (χ0v) is 7.77. The highest BCUT2D eigenvalue weighted by Gasteiger charge is 2.00. The summed E-state index contributed by atoms with van der Waals surface area (Å²) in [5.41, 5.74) is 0.338. The number of nitrogens with one attached hydrogen (secondary N) is 1. The lowest BCUT2D eigenvalue weighted by Gasteiger charge is -2.03. The number of benzene rings is 1. The summed E-state index contributed by atoms with van der Waals surface area (Å²) < 4.78 is 13.6. The third-order valence-corrected chi connectivity index (χ3v) is 1.80. The van der Waals surface area contributed by atoms with E-state index in [0.29, 0.717) is 16.4 Å². The van der Waals surface area contributed by atoms with Crippen LogP contribution in [0.2, 0.25) is 0 Å². The summed E-state index contributed by atoms with van der Waals surface area (Å²) in [7, 11) is 0. The fraction of sp³-hybridized carbons (Fsp3) is 0.125. The predicted molar refractivity (Wildman–Crippen MR) is 48.7 cm³/mol. The van der Waals surface area contributed by atoms with Crippen molar-refractivity contribution < 1.29 is 9.18 Å². The fourth-order valence-electron chi connectivity index (χ4n) is 0.784.